The van der Waals surface area contributed by atoms with Crippen LogP contribution in [0.15, 0.2) is 48.6 Å². The highest BCUT2D eigenvalue weighted by Crippen LogP contribution is 2.32. The fraction of sp³-hybridized carbons (Fsp3) is 0.227. The molecule has 0 unspecified atom stereocenters. The standard InChI is InChI=1S/C22H23F3N4O4/c1-12(13-8-14(22(23,24)25)10-15(26)9-13)28-21(31)17(27)5-7-20(30)29-18-6-4-16(32-2)11-19(18)33-3/h4-12,27H,26H2,1-3H3,(H,28,31)(H,29,30)/b7-5-,27-17?/t12-/m1/s1. The van der Waals surface area contributed by atoms with Crippen molar-refractivity contribution in [2.24, 2.45) is 0 Å². The zero-order valence-corrected chi connectivity index (χ0v) is 18.0. The van der Waals surface area contributed by atoms with E-state index in [9.17, 15) is 22.8 Å². The van der Waals surface area contributed by atoms with Crippen LogP contribution >= 0.6 is 0 Å². The van der Waals surface area contributed by atoms with Gasteiger partial charge in [0.25, 0.3) is 5.91 Å². The summed E-state index contributed by atoms with van der Waals surface area (Å²) < 4.78 is 49.2. The Kier molecular flexibility index (Phi) is 8.05. The zero-order chi connectivity index (χ0) is 24.8. The van der Waals surface area contributed by atoms with E-state index in [1.165, 1.54) is 27.2 Å². The lowest BCUT2D eigenvalue weighted by Crippen LogP contribution is -2.32. The predicted octanol–water partition coefficient (Wildman–Crippen LogP) is 3.70. The number of carbonyl (C=O) groups excluding carboxylic acids is 2. The quantitative estimate of drug-likeness (QED) is 0.269. The van der Waals surface area contributed by atoms with Gasteiger partial charge in [0.05, 0.1) is 31.5 Å². The van der Waals surface area contributed by atoms with Crippen molar-refractivity contribution in [2.75, 3.05) is 25.3 Å². The molecule has 0 spiro atoms. The Morgan fingerprint density at radius 1 is 1.09 bits per heavy atom. The number of nitrogen functional groups attached to an aromatic ring is 1. The van der Waals surface area contributed by atoms with Crippen LogP contribution in [-0.2, 0) is 15.8 Å². The molecule has 0 aliphatic heterocycles. The van der Waals surface area contributed by atoms with E-state index < -0.39 is 35.3 Å². The Balaban J connectivity index is 2.02. The van der Waals surface area contributed by atoms with Crippen molar-refractivity contribution in [1.82, 2.24) is 5.32 Å². The van der Waals surface area contributed by atoms with E-state index in [4.69, 9.17) is 20.6 Å². The van der Waals surface area contributed by atoms with E-state index >= 15 is 0 Å². The number of halogens is 3. The Bertz CT molecular complexity index is 1080. The summed E-state index contributed by atoms with van der Waals surface area (Å²) in [5, 5.41) is 12.8. The first-order chi connectivity index (χ1) is 15.4. The molecule has 0 aliphatic carbocycles. The first-order valence-electron chi connectivity index (χ1n) is 9.52. The fourth-order valence-corrected chi connectivity index (χ4v) is 2.76. The summed E-state index contributed by atoms with van der Waals surface area (Å²) in [7, 11) is 2.90. The van der Waals surface area contributed by atoms with Gasteiger partial charge in [0, 0.05) is 17.8 Å². The van der Waals surface area contributed by atoms with Crippen LogP contribution in [0.1, 0.15) is 24.1 Å². The molecule has 0 aliphatic rings. The van der Waals surface area contributed by atoms with Crippen LogP contribution in [0.5, 0.6) is 11.5 Å². The van der Waals surface area contributed by atoms with Crippen LogP contribution in [0, 0.1) is 5.41 Å². The molecule has 8 nitrogen and oxygen atoms in total. The molecule has 2 rings (SSSR count). The van der Waals surface area contributed by atoms with Crippen molar-refractivity contribution in [3.63, 3.8) is 0 Å². The van der Waals surface area contributed by atoms with Crippen molar-refractivity contribution >= 4 is 28.9 Å². The molecule has 0 bridgehead atoms. The smallest absolute Gasteiger partial charge is 0.416 e. The molecule has 2 amide bonds. The first kappa shape index (κ1) is 25.2. The number of nitrogens with two attached hydrogens (primary N) is 1. The molecule has 0 aromatic heterocycles. The minimum absolute atomic E-state index is 0.110. The Labute approximate surface area is 188 Å². The number of benzene rings is 2. The normalized spacial score (nSPS) is 12.2. The molecule has 2 aromatic carbocycles. The maximum atomic E-state index is 13.0. The topological polar surface area (TPSA) is 127 Å². The molecular formula is C22H23F3N4O4. The molecule has 0 heterocycles. The maximum absolute atomic E-state index is 13.0. The van der Waals surface area contributed by atoms with Crippen molar-refractivity contribution in [3.8, 4) is 11.5 Å². The summed E-state index contributed by atoms with van der Waals surface area (Å²) in [5.74, 6) is -0.645. The number of nitrogens with one attached hydrogen (secondary N) is 3. The summed E-state index contributed by atoms with van der Waals surface area (Å²) in [4.78, 5) is 24.4. The van der Waals surface area contributed by atoms with Crippen molar-refractivity contribution in [1.29, 1.82) is 5.41 Å². The van der Waals surface area contributed by atoms with Gasteiger partial charge >= 0.3 is 6.18 Å². The second-order valence-corrected chi connectivity index (χ2v) is 6.88. The molecule has 176 valence electrons. The van der Waals surface area contributed by atoms with E-state index in [0.29, 0.717) is 17.2 Å². The summed E-state index contributed by atoms with van der Waals surface area (Å²) in [6.07, 6.45) is -2.66. The maximum Gasteiger partial charge on any atom is 0.416 e. The van der Waals surface area contributed by atoms with Gasteiger partial charge in [0.1, 0.15) is 17.2 Å². The average molecular weight is 464 g/mol. The molecule has 0 fully saturated rings. The van der Waals surface area contributed by atoms with E-state index in [-0.39, 0.29) is 11.3 Å². The lowest BCUT2D eigenvalue weighted by molar-refractivity contribution is -0.137. The van der Waals surface area contributed by atoms with E-state index in [0.717, 1.165) is 24.3 Å². The second-order valence-electron chi connectivity index (χ2n) is 6.88. The third-order valence-corrected chi connectivity index (χ3v) is 4.47. The third-order valence-electron chi connectivity index (χ3n) is 4.47. The number of ether oxygens (including phenoxy) is 2. The van der Waals surface area contributed by atoms with Gasteiger partial charge in [-0.2, -0.15) is 13.2 Å². The number of hydrogen-bond acceptors (Lipinski definition) is 6. The molecule has 5 N–H and O–H groups in total. The molecular weight excluding hydrogens is 441 g/mol. The third kappa shape index (κ3) is 6.99. The molecule has 1 atom stereocenters. The highest BCUT2D eigenvalue weighted by Gasteiger charge is 2.31. The van der Waals surface area contributed by atoms with E-state index in [1.54, 1.807) is 18.2 Å². The van der Waals surface area contributed by atoms with Crippen LogP contribution in [0.2, 0.25) is 0 Å². The van der Waals surface area contributed by atoms with Crippen LogP contribution in [0.25, 0.3) is 0 Å². The molecule has 0 radical (unpaired) electrons. The highest BCUT2D eigenvalue weighted by atomic mass is 19.4. The predicted molar refractivity (Wildman–Crippen MR) is 117 cm³/mol. The van der Waals surface area contributed by atoms with Gasteiger partial charge < -0.3 is 25.8 Å². The number of rotatable bonds is 8. The van der Waals surface area contributed by atoms with Gasteiger partial charge in [-0.3, -0.25) is 15.0 Å². The van der Waals surface area contributed by atoms with Crippen LogP contribution in [0.4, 0.5) is 24.5 Å². The number of amides is 2. The van der Waals surface area contributed by atoms with Gasteiger partial charge in [0.15, 0.2) is 0 Å². The Morgan fingerprint density at radius 2 is 1.79 bits per heavy atom. The second kappa shape index (κ2) is 10.5. The minimum Gasteiger partial charge on any atom is -0.497 e. The summed E-state index contributed by atoms with van der Waals surface area (Å²) in [6.45, 7) is 1.45. The first-order valence-corrected chi connectivity index (χ1v) is 9.52. The van der Waals surface area contributed by atoms with Gasteiger partial charge in [-0.1, -0.05) is 0 Å². The number of anilines is 2. The summed E-state index contributed by atoms with van der Waals surface area (Å²) >= 11 is 0. The summed E-state index contributed by atoms with van der Waals surface area (Å²) in [5.41, 5.74) is 4.38. The van der Waals surface area contributed by atoms with Crippen molar-refractivity contribution in [2.45, 2.75) is 19.1 Å². The molecule has 11 heteroatoms. The van der Waals surface area contributed by atoms with Gasteiger partial charge in [-0.05, 0) is 48.9 Å². The monoisotopic (exact) mass is 464 g/mol. The lowest BCUT2D eigenvalue weighted by atomic mass is 10.0. The largest absolute Gasteiger partial charge is 0.497 e. The number of alkyl halides is 3. The molecule has 2 aromatic rings. The number of carbonyl (C=O) groups is 2. The highest BCUT2D eigenvalue weighted by molar-refractivity contribution is 6.42. The van der Waals surface area contributed by atoms with Crippen LogP contribution in [-0.4, -0.2) is 31.7 Å². The Morgan fingerprint density at radius 3 is 2.39 bits per heavy atom. The van der Waals surface area contributed by atoms with Crippen molar-refractivity contribution in [3.05, 3.63) is 59.7 Å². The summed E-state index contributed by atoms with van der Waals surface area (Å²) in [6, 6.07) is 6.83. The van der Waals surface area contributed by atoms with Gasteiger partial charge in [-0.15, -0.1) is 0 Å². The number of hydrogen-bond donors (Lipinski definition) is 4. The molecule has 33 heavy (non-hydrogen) atoms. The van der Waals surface area contributed by atoms with E-state index in [2.05, 4.69) is 10.6 Å². The van der Waals surface area contributed by atoms with Crippen LogP contribution < -0.4 is 25.8 Å². The zero-order valence-electron chi connectivity index (χ0n) is 18.0. The molecule has 0 saturated heterocycles. The minimum atomic E-state index is -4.59. The van der Waals surface area contributed by atoms with Crippen molar-refractivity contribution < 1.29 is 32.2 Å². The number of methoxy groups -OCH3 is 2. The molecule has 0 saturated carbocycles. The average Bonchev–Trinajstić information content (AvgIpc) is 2.76. The lowest BCUT2D eigenvalue weighted by Gasteiger charge is -2.17. The fourth-order valence-electron chi connectivity index (χ4n) is 2.76. The van der Waals surface area contributed by atoms with Gasteiger partial charge in [0.2, 0.25) is 5.91 Å². The van der Waals surface area contributed by atoms with Crippen LogP contribution in [0.3, 0.4) is 0 Å². The Hall–Kier alpha value is -4.02. The SMILES string of the molecule is COc1ccc(NC(=O)/C=C\C(=N)C(=O)N[C@H](C)c2cc(N)cc(C(F)(F)F)c2)c(OC)c1. The van der Waals surface area contributed by atoms with Gasteiger partial charge in [-0.25, -0.2) is 0 Å². The van der Waals surface area contributed by atoms with E-state index in [1.807, 2.05) is 0 Å².